The van der Waals surface area contributed by atoms with Crippen LogP contribution < -0.4 is 10.1 Å². The fourth-order valence-corrected chi connectivity index (χ4v) is 2.63. The van der Waals surface area contributed by atoms with E-state index in [0.717, 1.165) is 17.7 Å². The number of ether oxygens (including phenoxy) is 1. The molecule has 7 heteroatoms. The standard InChI is InChI=1S/C21H15ClF3NO2/c22-15-7-5-14(6-8-15)13-28-17-11-9-16(10-12-17)26-20(27)18-3-1-2-4-19(18)21(23,24)25/h1-12H,13H2,(H,26,27). The highest BCUT2D eigenvalue weighted by Gasteiger charge is 2.34. The lowest BCUT2D eigenvalue weighted by atomic mass is 10.1. The SMILES string of the molecule is O=C(Nc1ccc(OCc2ccc(Cl)cc2)cc1)c1ccccc1C(F)(F)F. The molecule has 0 radical (unpaired) electrons. The first kappa shape index (κ1) is 19.8. The monoisotopic (exact) mass is 405 g/mol. The highest BCUT2D eigenvalue weighted by molar-refractivity contribution is 6.30. The molecule has 0 heterocycles. The molecular formula is C21H15ClF3NO2. The lowest BCUT2D eigenvalue weighted by Gasteiger charge is -2.13. The van der Waals surface area contributed by atoms with Crippen LogP contribution >= 0.6 is 11.6 Å². The van der Waals surface area contributed by atoms with E-state index in [4.69, 9.17) is 16.3 Å². The number of carbonyl (C=O) groups is 1. The van der Waals surface area contributed by atoms with Crippen LogP contribution in [0.2, 0.25) is 5.02 Å². The molecule has 0 spiro atoms. The van der Waals surface area contributed by atoms with Gasteiger partial charge in [-0.25, -0.2) is 0 Å². The number of carbonyl (C=O) groups excluding carboxylic acids is 1. The molecule has 3 aromatic carbocycles. The van der Waals surface area contributed by atoms with Gasteiger partial charge in [0.15, 0.2) is 0 Å². The zero-order valence-electron chi connectivity index (χ0n) is 14.5. The summed E-state index contributed by atoms with van der Waals surface area (Å²) in [4.78, 5) is 12.3. The Morgan fingerprint density at radius 3 is 2.21 bits per heavy atom. The summed E-state index contributed by atoms with van der Waals surface area (Å²) in [7, 11) is 0. The Hall–Kier alpha value is -2.99. The van der Waals surface area contributed by atoms with Crippen molar-refractivity contribution < 1.29 is 22.7 Å². The quantitative estimate of drug-likeness (QED) is 0.549. The fourth-order valence-electron chi connectivity index (χ4n) is 2.51. The molecule has 0 bridgehead atoms. The number of hydrogen-bond donors (Lipinski definition) is 1. The Morgan fingerprint density at radius 2 is 1.57 bits per heavy atom. The van der Waals surface area contributed by atoms with E-state index in [-0.39, 0.29) is 0 Å². The van der Waals surface area contributed by atoms with Crippen LogP contribution in [0, 0.1) is 0 Å². The van der Waals surface area contributed by atoms with E-state index in [0.29, 0.717) is 23.1 Å². The van der Waals surface area contributed by atoms with E-state index >= 15 is 0 Å². The van der Waals surface area contributed by atoms with Crippen molar-refractivity contribution in [3.05, 3.63) is 94.5 Å². The molecule has 0 saturated carbocycles. The van der Waals surface area contributed by atoms with Crippen molar-refractivity contribution in [1.82, 2.24) is 0 Å². The van der Waals surface area contributed by atoms with E-state index in [1.54, 1.807) is 36.4 Å². The van der Waals surface area contributed by atoms with E-state index in [1.807, 2.05) is 12.1 Å². The zero-order chi connectivity index (χ0) is 20.1. The molecule has 0 aliphatic carbocycles. The topological polar surface area (TPSA) is 38.3 Å². The fraction of sp³-hybridized carbons (Fsp3) is 0.0952. The van der Waals surface area contributed by atoms with Gasteiger partial charge in [-0.3, -0.25) is 4.79 Å². The van der Waals surface area contributed by atoms with Gasteiger partial charge < -0.3 is 10.1 Å². The number of amides is 1. The van der Waals surface area contributed by atoms with Crippen LogP contribution in [0.3, 0.4) is 0 Å². The van der Waals surface area contributed by atoms with Gasteiger partial charge in [-0.05, 0) is 54.1 Å². The minimum Gasteiger partial charge on any atom is -0.489 e. The second kappa shape index (κ2) is 8.35. The van der Waals surface area contributed by atoms with Crippen LogP contribution in [0.15, 0.2) is 72.8 Å². The van der Waals surface area contributed by atoms with Crippen LogP contribution in [0.25, 0.3) is 0 Å². The highest BCUT2D eigenvalue weighted by atomic mass is 35.5. The molecule has 0 unspecified atom stereocenters. The molecule has 144 valence electrons. The third-order valence-corrected chi connectivity index (χ3v) is 4.16. The minimum atomic E-state index is -4.60. The lowest BCUT2D eigenvalue weighted by molar-refractivity contribution is -0.137. The highest BCUT2D eigenvalue weighted by Crippen LogP contribution is 2.32. The second-order valence-corrected chi connectivity index (χ2v) is 6.37. The first-order valence-corrected chi connectivity index (χ1v) is 8.65. The Bertz CT molecular complexity index is 955. The Kier molecular flexibility index (Phi) is 5.90. The van der Waals surface area contributed by atoms with E-state index in [2.05, 4.69) is 5.32 Å². The molecule has 3 rings (SSSR count). The summed E-state index contributed by atoms with van der Waals surface area (Å²) in [5, 5.41) is 3.10. The van der Waals surface area contributed by atoms with Gasteiger partial charge in [0.05, 0.1) is 11.1 Å². The summed E-state index contributed by atoms with van der Waals surface area (Å²) >= 11 is 5.83. The number of rotatable bonds is 5. The summed E-state index contributed by atoms with van der Waals surface area (Å²) in [5.41, 5.74) is -0.111. The summed E-state index contributed by atoms with van der Waals surface area (Å²) in [6, 6.07) is 18.2. The van der Waals surface area contributed by atoms with E-state index < -0.39 is 23.2 Å². The van der Waals surface area contributed by atoms with Gasteiger partial charge in [-0.1, -0.05) is 35.9 Å². The van der Waals surface area contributed by atoms with Crippen molar-refractivity contribution in [3.8, 4) is 5.75 Å². The second-order valence-electron chi connectivity index (χ2n) is 5.94. The van der Waals surface area contributed by atoms with Crippen LogP contribution in [0.4, 0.5) is 18.9 Å². The molecule has 0 atom stereocenters. The maximum absolute atomic E-state index is 13.0. The summed E-state index contributed by atoms with van der Waals surface area (Å²) in [5.74, 6) is -0.272. The van der Waals surface area contributed by atoms with Crippen molar-refractivity contribution in [2.45, 2.75) is 12.8 Å². The molecule has 28 heavy (non-hydrogen) atoms. The average Bonchev–Trinajstić information content (AvgIpc) is 2.68. The summed E-state index contributed by atoms with van der Waals surface area (Å²) in [6.07, 6.45) is -4.60. The third-order valence-electron chi connectivity index (χ3n) is 3.91. The predicted molar refractivity (Wildman–Crippen MR) is 102 cm³/mol. The molecule has 0 saturated heterocycles. The molecule has 0 aromatic heterocycles. The molecule has 3 nitrogen and oxygen atoms in total. The number of anilines is 1. The zero-order valence-corrected chi connectivity index (χ0v) is 15.2. The number of benzene rings is 3. The maximum atomic E-state index is 13.0. The van der Waals surface area contributed by atoms with Gasteiger partial charge in [0, 0.05) is 10.7 Å². The molecular weight excluding hydrogens is 391 g/mol. The molecule has 0 fully saturated rings. The predicted octanol–water partition coefficient (Wildman–Crippen LogP) is 6.19. The van der Waals surface area contributed by atoms with Crippen molar-refractivity contribution >= 4 is 23.2 Å². The average molecular weight is 406 g/mol. The van der Waals surface area contributed by atoms with Crippen molar-refractivity contribution in [1.29, 1.82) is 0 Å². The van der Waals surface area contributed by atoms with Crippen LogP contribution in [-0.2, 0) is 12.8 Å². The van der Waals surface area contributed by atoms with Gasteiger partial charge in [0.25, 0.3) is 5.91 Å². The number of alkyl halides is 3. The van der Waals surface area contributed by atoms with Gasteiger partial charge in [0.2, 0.25) is 0 Å². The largest absolute Gasteiger partial charge is 0.489 e. The molecule has 0 aliphatic rings. The Labute approximate surface area is 164 Å². The van der Waals surface area contributed by atoms with E-state index in [9.17, 15) is 18.0 Å². The Morgan fingerprint density at radius 1 is 0.929 bits per heavy atom. The van der Waals surface area contributed by atoms with Crippen molar-refractivity contribution in [2.24, 2.45) is 0 Å². The first-order chi connectivity index (χ1) is 13.3. The first-order valence-electron chi connectivity index (χ1n) is 8.28. The molecule has 0 aliphatic heterocycles. The van der Waals surface area contributed by atoms with Gasteiger partial charge in [-0.15, -0.1) is 0 Å². The van der Waals surface area contributed by atoms with Crippen LogP contribution in [0.5, 0.6) is 5.75 Å². The van der Waals surface area contributed by atoms with Gasteiger partial charge >= 0.3 is 6.18 Å². The lowest BCUT2D eigenvalue weighted by Crippen LogP contribution is -2.18. The molecule has 1 N–H and O–H groups in total. The van der Waals surface area contributed by atoms with Crippen molar-refractivity contribution in [2.75, 3.05) is 5.32 Å². The number of halogens is 4. The molecule has 1 amide bonds. The molecule has 3 aromatic rings. The minimum absolute atomic E-state index is 0.335. The van der Waals surface area contributed by atoms with Crippen molar-refractivity contribution in [3.63, 3.8) is 0 Å². The number of hydrogen-bond acceptors (Lipinski definition) is 2. The van der Waals surface area contributed by atoms with E-state index in [1.165, 1.54) is 12.1 Å². The normalized spacial score (nSPS) is 11.1. The Balaban J connectivity index is 1.64. The summed E-state index contributed by atoms with van der Waals surface area (Å²) < 4.78 is 44.8. The van der Waals surface area contributed by atoms with Crippen LogP contribution in [-0.4, -0.2) is 5.91 Å². The smallest absolute Gasteiger partial charge is 0.417 e. The van der Waals surface area contributed by atoms with Crippen LogP contribution in [0.1, 0.15) is 21.5 Å². The maximum Gasteiger partial charge on any atom is 0.417 e. The third kappa shape index (κ3) is 5.04. The summed E-state index contributed by atoms with van der Waals surface area (Å²) in [6.45, 7) is 0.335. The van der Waals surface area contributed by atoms with Gasteiger partial charge in [0.1, 0.15) is 12.4 Å². The number of nitrogens with one attached hydrogen (secondary N) is 1. The van der Waals surface area contributed by atoms with Gasteiger partial charge in [-0.2, -0.15) is 13.2 Å².